The van der Waals surface area contributed by atoms with Crippen LogP contribution in [0.25, 0.3) is 0 Å². The second-order valence-corrected chi connectivity index (χ2v) is 5.22. The number of nitrogens with two attached hydrogens (primary N) is 1. The maximum Gasteiger partial charge on any atom is 0.306 e. The lowest BCUT2D eigenvalue weighted by molar-refractivity contribution is -0.142. The Balaban J connectivity index is 3.76. The molecular weight excluding hydrogens is 260 g/mol. The van der Waals surface area contributed by atoms with Crippen LogP contribution < -0.4 is 11.1 Å². The summed E-state index contributed by atoms with van der Waals surface area (Å²) in [5.41, 5.74) is 3.45. The van der Waals surface area contributed by atoms with Crippen LogP contribution in [0.2, 0.25) is 0 Å². The monoisotopic (exact) mass is 278 g/mol. The van der Waals surface area contributed by atoms with E-state index in [2.05, 4.69) is 5.32 Å². The van der Waals surface area contributed by atoms with Crippen LogP contribution in [0, 0.1) is 0 Å². The molecule has 0 radical (unpaired) electrons. The van der Waals surface area contributed by atoms with Crippen LogP contribution in [0.1, 0.15) is 19.8 Å². The molecule has 0 spiro atoms. The quantitative estimate of drug-likeness (QED) is 0.398. The molecule has 7 nitrogen and oxygen atoms in total. The third-order valence-corrected chi connectivity index (χ3v) is 2.90. The van der Waals surface area contributed by atoms with E-state index in [1.165, 1.54) is 18.7 Å². The minimum Gasteiger partial charge on any atom is -0.481 e. The summed E-state index contributed by atoms with van der Waals surface area (Å²) in [6, 6.07) is 0. The van der Waals surface area contributed by atoms with Crippen LogP contribution in [0.15, 0.2) is 0 Å². The summed E-state index contributed by atoms with van der Waals surface area (Å²) in [5, 5.41) is 20.6. The van der Waals surface area contributed by atoms with Gasteiger partial charge >= 0.3 is 5.97 Å². The number of hydrogen-bond donors (Lipinski definition) is 4. The SMILES string of the molecule is CC(O)(CNC(=O)CCSCC(N)=O)CC(=O)O. The van der Waals surface area contributed by atoms with Gasteiger partial charge in [0.25, 0.3) is 0 Å². The second kappa shape index (κ2) is 7.93. The first kappa shape index (κ1) is 16.7. The Kier molecular flexibility index (Phi) is 7.37. The number of thioether (sulfide) groups is 1. The number of primary amides is 1. The lowest BCUT2D eigenvalue weighted by Crippen LogP contribution is -2.42. The number of nitrogens with one attached hydrogen (secondary N) is 1. The van der Waals surface area contributed by atoms with Crippen molar-refractivity contribution in [1.29, 1.82) is 0 Å². The summed E-state index contributed by atoms with van der Waals surface area (Å²) in [6.45, 7) is 1.21. The molecule has 0 aliphatic rings. The Bertz CT molecular complexity index is 319. The highest BCUT2D eigenvalue weighted by Crippen LogP contribution is 2.07. The lowest BCUT2D eigenvalue weighted by Gasteiger charge is -2.21. The zero-order chi connectivity index (χ0) is 14.2. The van der Waals surface area contributed by atoms with Crippen LogP contribution in [0.3, 0.4) is 0 Å². The molecule has 0 bridgehead atoms. The van der Waals surface area contributed by atoms with Crippen molar-refractivity contribution >= 4 is 29.5 Å². The molecule has 2 amide bonds. The molecule has 0 aliphatic carbocycles. The normalized spacial score (nSPS) is 13.7. The van der Waals surface area contributed by atoms with E-state index in [0.717, 1.165) is 0 Å². The Morgan fingerprint density at radius 1 is 1.39 bits per heavy atom. The van der Waals surface area contributed by atoms with E-state index in [9.17, 15) is 19.5 Å². The number of carboxylic acids is 1. The number of carbonyl (C=O) groups is 3. The van der Waals surface area contributed by atoms with Gasteiger partial charge in [-0.05, 0) is 6.92 Å². The van der Waals surface area contributed by atoms with E-state index in [1.54, 1.807) is 0 Å². The van der Waals surface area contributed by atoms with E-state index in [0.29, 0.717) is 5.75 Å². The van der Waals surface area contributed by atoms with Crippen molar-refractivity contribution < 1.29 is 24.6 Å². The van der Waals surface area contributed by atoms with Crippen LogP contribution >= 0.6 is 11.8 Å². The fourth-order valence-electron chi connectivity index (χ4n) is 1.10. The average Bonchev–Trinajstić information content (AvgIpc) is 2.19. The Morgan fingerprint density at radius 2 is 2.00 bits per heavy atom. The van der Waals surface area contributed by atoms with Crippen molar-refractivity contribution in [3.05, 3.63) is 0 Å². The van der Waals surface area contributed by atoms with E-state index in [4.69, 9.17) is 10.8 Å². The maximum absolute atomic E-state index is 11.3. The molecule has 0 heterocycles. The van der Waals surface area contributed by atoms with Crippen molar-refractivity contribution in [3.8, 4) is 0 Å². The number of aliphatic hydroxyl groups is 1. The van der Waals surface area contributed by atoms with Gasteiger partial charge in [0.15, 0.2) is 0 Å². The predicted octanol–water partition coefficient (Wildman–Crippen LogP) is -1.06. The summed E-state index contributed by atoms with van der Waals surface area (Å²) >= 11 is 1.24. The number of aliphatic carboxylic acids is 1. The minimum atomic E-state index is -1.47. The van der Waals surface area contributed by atoms with Gasteiger partial charge in [-0.25, -0.2) is 0 Å². The predicted molar refractivity (Wildman–Crippen MR) is 67.0 cm³/mol. The van der Waals surface area contributed by atoms with Crippen molar-refractivity contribution in [2.45, 2.75) is 25.4 Å². The summed E-state index contributed by atoms with van der Waals surface area (Å²) in [7, 11) is 0. The maximum atomic E-state index is 11.3. The molecule has 0 saturated carbocycles. The largest absolute Gasteiger partial charge is 0.481 e. The van der Waals surface area contributed by atoms with Gasteiger partial charge in [-0.15, -0.1) is 0 Å². The first-order valence-electron chi connectivity index (χ1n) is 5.30. The molecular formula is C10H18N2O5S. The fourth-order valence-corrected chi connectivity index (χ4v) is 1.78. The van der Waals surface area contributed by atoms with Crippen LogP contribution in [0.5, 0.6) is 0 Å². The standard InChI is InChI=1S/C10H18N2O5S/c1-10(17,4-9(15)16)6-12-8(14)2-3-18-5-7(11)13/h17H,2-6H2,1H3,(H2,11,13)(H,12,14)(H,15,16). The van der Waals surface area contributed by atoms with Crippen LogP contribution in [-0.2, 0) is 14.4 Å². The van der Waals surface area contributed by atoms with E-state index < -0.39 is 23.9 Å². The number of rotatable bonds is 9. The van der Waals surface area contributed by atoms with Gasteiger partial charge in [-0.1, -0.05) is 0 Å². The molecule has 0 aromatic rings. The van der Waals surface area contributed by atoms with Crippen LogP contribution in [-0.4, -0.2) is 51.6 Å². The summed E-state index contributed by atoms with van der Waals surface area (Å²) in [6.07, 6.45) is -0.259. The van der Waals surface area contributed by atoms with Crippen molar-refractivity contribution in [1.82, 2.24) is 5.32 Å². The van der Waals surface area contributed by atoms with Gasteiger partial charge < -0.3 is 21.3 Å². The zero-order valence-electron chi connectivity index (χ0n) is 10.1. The molecule has 0 saturated heterocycles. The minimum absolute atomic E-state index is 0.126. The first-order valence-corrected chi connectivity index (χ1v) is 6.45. The molecule has 0 rings (SSSR count). The molecule has 0 fully saturated rings. The summed E-state index contributed by atoms with van der Waals surface area (Å²) in [5.74, 6) is -1.28. The molecule has 0 aromatic carbocycles. The molecule has 8 heteroatoms. The molecule has 1 unspecified atom stereocenters. The second-order valence-electron chi connectivity index (χ2n) is 4.11. The van der Waals surface area contributed by atoms with E-state index in [1.807, 2.05) is 0 Å². The molecule has 104 valence electrons. The van der Waals surface area contributed by atoms with E-state index in [-0.39, 0.29) is 24.6 Å². The molecule has 5 N–H and O–H groups in total. The van der Waals surface area contributed by atoms with Crippen LogP contribution in [0.4, 0.5) is 0 Å². The molecule has 0 aromatic heterocycles. The molecule has 0 aliphatic heterocycles. The van der Waals surface area contributed by atoms with Crippen molar-refractivity contribution in [3.63, 3.8) is 0 Å². The van der Waals surface area contributed by atoms with Crippen molar-refractivity contribution in [2.75, 3.05) is 18.1 Å². The topological polar surface area (TPSA) is 130 Å². The van der Waals surface area contributed by atoms with Crippen molar-refractivity contribution in [2.24, 2.45) is 5.73 Å². The third kappa shape index (κ3) is 9.91. The number of amides is 2. The van der Waals surface area contributed by atoms with Gasteiger partial charge in [-0.3, -0.25) is 14.4 Å². The van der Waals surface area contributed by atoms with Gasteiger partial charge in [-0.2, -0.15) is 11.8 Å². The van der Waals surface area contributed by atoms with Gasteiger partial charge in [0.2, 0.25) is 11.8 Å². The van der Waals surface area contributed by atoms with Gasteiger partial charge in [0.05, 0.1) is 17.8 Å². The van der Waals surface area contributed by atoms with Gasteiger partial charge in [0.1, 0.15) is 0 Å². The summed E-state index contributed by atoms with van der Waals surface area (Å²) in [4.78, 5) is 32.2. The molecule has 18 heavy (non-hydrogen) atoms. The lowest BCUT2D eigenvalue weighted by atomic mass is 10.0. The average molecular weight is 278 g/mol. The highest BCUT2D eigenvalue weighted by molar-refractivity contribution is 7.99. The Labute approximate surface area is 109 Å². The number of hydrogen-bond acceptors (Lipinski definition) is 5. The zero-order valence-corrected chi connectivity index (χ0v) is 11.0. The highest BCUT2D eigenvalue weighted by Gasteiger charge is 2.24. The Morgan fingerprint density at radius 3 is 2.50 bits per heavy atom. The smallest absolute Gasteiger partial charge is 0.306 e. The fraction of sp³-hybridized carbons (Fsp3) is 0.700. The Hall–Kier alpha value is -1.28. The number of carboxylic acid groups (broad SMARTS) is 1. The number of carbonyl (C=O) groups excluding carboxylic acids is 2. The highest BCUT2D eigenvalue weighted by atomic mass is 32.2. The first-order chi connectivity index (χ1) is 8.23. The van der Waals surface area contributed by atoms with E-state index >= 15 is 0 Å². The third-order valence-electron chi connectivity index (χ3n) is 1.92. The summed E-state index contributed by atoms with van der Waals surface area (Å²) < 4.78 is 0. The van der Waals surface area contributed by atoms with Gasteiger partial charge in [0, 0.05) is 18.7 Å². The molecule has 1 atom stereocenters.